The van der Waals surface area contributed by atoms with Crippen molar-refractivity contribution >= 4 is 10.9 Å². The number of hydrogen-bond acceptors (Lipinski definition) is 2. The van der Waals surface area contributed by atoms with Gasteiger partial charge in [-0.25, -0.2) is 0 Å². The molecule has 0 unspecified atom stereocenters. The standard InChI is InChI=1S/C25H40N2O/c1-2-3-4-5-6-11-20-27-21-16-23-14-12-15-24(25(23)27)28-22-13-19-26-17-9-7-8-10-18-26/h12,14-16,21H,2-11,13,17-20,22H2,1H3. The number of benzene rings is 1. The molecule has 0 amide bonds. The second kappa shape index (κ2) is 12.2. The Balaban J connectivity index is 1.47. The third-order valence-electron chi connectivity index (χ3n) is 6.08. The molecule has 0 atom stereocenters. The molecule has 0 N–H and O–H groups in total. The van der Waals surface area contributed by atoms with Crippen LogP contribution in [0.25, 0.3) is 10.9 Å². The van der Waals surface area contributed by atoms with Crippen LogP contribution in [0.3, 0.4) is 0 Å². The van der Waals surface area contributed by atoms with Gasteiger partial charge in [-0.3, -0.25) is 0 Å². The lowest BCUT2D eigenvalue weighted by atomic mass is 10.1. The van der Waals surface area contributed by atoms with Crippen LogP contribution in [0.4, 0.5) is 0 Å². The molecule has 1 aromatic heterocycles. The zero-order chi connectivity index (χ0) is 19.4. The van der Waals surface area contributed by atoms with Crippen LogP contribution < -0.4 is 4.74 Å². The number of ether oxygens (including phenoxy) is 1. The third-order valence-corrected chi connectivity index (χ3v) is 6.08. The third kappa shape index (κ3) is 6.55. The summed E-state index contributed by atoms with van der Waals surface area (Å²) < 4.78 is 8.65. The van der Waals surface area contributed by atoms with E-state index in [0.29, 0.717) is 0 Å². The number of aromatic nitrogens is 1. The average Bonchev–Trinajstić information content (AvgIpc) is 2.95. The van der Waals surface area contributed by atoms with Gasteiger partial charge in [-0.1, -0.05) is 64.0 Å². The summed E-state index contributed by atoms with van der Waals surface area (Å²) in [6, 6.07) is 8.71. The average molecular weight is 385 g/mol. The van der Waals surface area contributed by atoms with Crippen molar-refractivity contribution in [2.45, 2.75) is 84.1 Å². The van der Waals surface area contributed by atoms with Crippen LogP contribution in [0.5, 0.6) is 5.75 Å². The Kier molecular flexibility index (Phi) is 9.22. The Morgan fingerprint density at radius 1 is 0.821 bits per heavy atom. The minimum atomic E-state index is 0.817. The maximum absolute atomic E-state index is 6.25. The van der Waals surface area contributed by atoms with E-state index in [1.807, 2.05) is 0 Å². The van der Waals surface area contributed by atoms with Gasteiger partial charge in [-0.2, -0.15) is 0 Å². The summed E-state index contributed by atoms with van der Waals surface area (Å²) in [4.78, 5) is 2.62. The second-order valence-electron chi connectivity index (χ2n) is 8.43. The molecule has 0 radical (unpaired) electrons. The Morgan fingerprint density at radius 2 is 1.61 bits per heavy atom. The van der Waals surface area contributed by atoms with Crippen molar-refractivity contribution in [3.63, 3.8) is 0 Å². The van der Waals surface area contributed by atoms with Crippen LogP contribution in [0, 0.1) is 0 Å². The van der Waals surface area contributed by atoms with E-state index in [9.17, 15) is 0 Å². The minimum Gasteiger partial charge on any atom is -0.491 e. The van der Waals surface area contributed by atoms with Gasteiger partial charge in [0.15, 0.2) is 0 Å². The van der Waals surface area contributed by atoms with Gasteiger partial charge in [0, 0.05) is 24.7 Å². The fraction of sp³-hybridized carbons (Fsp3) is 0.680. The predicted octanol–water partition coefficient (Wildman–Crippen LogP) is 6.65. The topological polar surface area (TPSA) is 17.4 Å². The van der Waals surface area contributed by atoms with Crippen LogP contribution in [0.1, 0.15) is 77.6 Å². The summed E-state index contributed by atoms with van der Waals surface area (Å²) in [6.45, 7) is 7.92. The Hall–Kier alpha value is -1.48. The highest BCUT2D eigenvalue weighted by Gasteiger charge is 2.10. The molecule has 0 saturated carbocycles. The fourth-order valence-electron chi connectivity index (χ4n) is 4.42. The van der Waals surface area contributed by atoms with Gasteiger partial charge in [0.1, 0.15) is 5.75 Å². The molecule has 3 nitrogen and oxygen atoms in total. The van der Waals surface area contributed by atoms with Crippen molar-refractivity contribution in [3.05, 3.63) is 30.5 Å². The van der Waals surface area contributed by atoms with Gasteiger partial charge in [-0.15, -0.1) is 0 Å². The predicted molar refractivity (Wildman–Crippen MR) is 120 cm³/mol. The van der Waals surface area contributed by atoms with Crippen molar-refractivity contribution in [1.29, 1.82) is 0 Å². The highest BCUT2D eigenvalue weighted by atomic mass is 16.5. The molecule has 1 aliphatic heterocycles. The van der Waals surface area contributed by atoms with Gasteiger partial charge in [0.2, 0.25) is 0 Å². The summed E-state index contributed by atoms with van der Waals surface area (Å²) in [5.41, 5.74) is 1.28. The quantitative estimate of drug-likeness (QED) is 0.381. The van der Waals surface area contributed by atoms with Crippen molar-refractivity contribution in [3.8, 4) is 5.75 Å². The summed E-state index contributed by atoms with van der Waals surface area (Å²) in [7, 11) is 0. The summed E-state index contributed by atoms with van der Waals surface area (Å²) in [5, 5.41) is 1.30. The van der Waals surface area contributed by atoms with Crippen molar-refractivity contribution in [1.82, 2.24) is 9.47 Å². The van der Waals surface area contributed by atoms with E-state index < -0.39 is 0 Å². The molecule has 3 rings (SSSR count). The van der Waals surface area contributed by atoms with Gasteiger partial charge >= 0.3 is 0 Å². The smallest absolute Gasteiger partial charge is 0.143 e. The van der Waals surface area contributed by atoms with Crippen LogP contribution in [-0.2, 0) is 6.54 Å². The number of nitrogens with zero attached hydrogens (tertiary/aromatic N) is 2. The van der Waals surface area contributed by atoms with Crippen molar-refractivity contribution in [2.75, 3.05) is 26.2 Å². The number of aryl methyl sites for hydroxylation is 1. The molecule has 3 heteroatoms. The normalized spacial score (nSPS) is 15.8. The zero-order valence-corrected chi connectivity index (χ0v) is 18.0. The van der Waals surface area contributed by atoms with Gasteiger partial charge in [0.25, 0.3) is 0 Å². The highest BCUT2D eigenvalue weighted by molar-refractivity contribution is 5.86. The van der Waals surface area contributed by atoms with Gasteiger partial charge in [0.05, 0.1) is 12.1 Å². The van der Waals surface area contributed by atoms with Crippen LogP contribution >= 0.6 is 0 Å². The van der Waals surface area contributed by atoms with E-state index in [2.05, 4.69) is 46.9 Å². The zero-order valence-electron chi connectivity index (χ0n) is 18.0. The number of unbranched alkanes of at least 4 members (excludes halogenated alkanes) is 5. The largest absolute Gasteiger partial charge is 0.491 e. The highest BCUT2D eigenvalue weighted by Crippen LogP contribution is 2.27. The summed E-state index contributed by atoms with van der Waals surface area (Å²) in [5.74, 6) is 1.06. The van der Waals surface area contributed by atoms with E-state index in [4.69, 9.17) is 4.74 Å². The summed E-state index contributed by atoms with van der Waals surface area (Å²) in [6.07, 6.45) is 16.9. The fourth-order valence-corrected chi connectivity index (χ4v) is 4.42. The van der Waals surface area contributed by atoms with E-state index >= 15 is 0 Å². The van der Waals surface area contributed by atoms with Gasteiger partial charge < -0.3 is 14.2 Å². The number of hydrogen-bond donors (Lipinski definition) is 0. The van der Waals surface area contributed by atoms with E-state index in [0.717, 1.165) is 25.3 Å². The lowest BCUT2D eigenvalue weighted by Gasteiger charge is -2.19. The molecular formula is C25H40N2O. The molecule has 156 valence electrons. The number of para-hydroxylation sites is 1. The molecule has 0 aliphatic carbocycles. The molecule has 2 aromatic rings. The molecule has 28 heavy (non-hydrogen) atoms. The Morgan fingerprint density at radius 3 is 2.43 bits per heavy atom. The molecule has 1 fully saturated rings. The van der Waals surface area contributed by atoms with E-state index in [1.54, 1.807) is 0 Å². The number of fused-ring (bicyclic) bond motifs is 1. The maximum Gasteiger partial charge on any atom is 0.143 e. The first-order valence-electron chi connectivity index (χ1n) is 11.8. The Labute approximate surface area is 172 Å². The van der Waals surface area contributed by atoms with Crippen molar-refractivity contribution < 1.29 is 4.74 Å². The lowest BCUT2D eigenvalue weighted by Crippen LogP contribution is -2.26. The van der Waals surface area contributed by atoms with Gasteiger partial charge in [-0.05, 0) is 50.9 Å². The summed E-state index contributed by atoms with van der Waals surface area (Å²) >= 11 is 0. The molecule has 1 saturated heterocycles. The molecule has 0 bridgehead atoms. The first-order chi connectivity index (χ1) is 13.9. The lowest BCUT2D eigenvalue weighted by molar-refractivity contribution is 0.240. The Bertz CT molecular complexity index is 670. The maximum atomic E-state index is 6.25. The van der Waals surface area contributed by atoms with Crippen LogP contribution in [0.15, 0.2) is 30.5 Å². The molecular weight excluding hydrogens is 344 g/mol. The van der Waals surface area contributed by atoms with Crippen LogP contribution in [-0.4, -0.2) is 35.7 Å². The number of rotatable bonds is 12. The van der Waals surface area contributed by atoms with E-state index in [1.165, 1.54) is 94.7 Å². The molecule has 0 spiro atoms. The minimum absolute atomic E-state index is 0.817. The second-order valence-corrected chi connectivity index (χ2v) is 8.43. The monoisotopic (exact) mass is 384 g/mol. The molecule has 1 aromatic carbocycles. The van der Waals surface area contributed by atoms with E-state index in [-0.39, 0.29) is 0 Å². The van der Waals surface area contributed by atoms with Crippen molar-refractivity contribution in [2.24, 2.45) is 0 Å². The van der Waals surface area contributed by atoms with Crippen LogP contribution in [0.2, 0.25) is 0 Å². The number of likely N-dealkylation sites (tertiary alicyclic amines) is 1. The SMILES string of the molecule is CCCCCCCCn1ccc2cccc(OCCCN3CCCCCC3)c21. The first kappa shape index (κ1) is 21.2. The molecule has 1 aliphatic rings. The molecule has 2 heterocycles. The first-order valence-corrected chi connectivity index (χ1v) is 11.8.